The maximum absolute atomic E-state index is 12.4. The molecule has 2 N–H and O–H groups in total. The van der Waals surface area contributed by atoms with Crippen molar-refractivity contribution in [3.63, 3.8) is 0 Å². The highest BCUT2D eigenvalue weighted by molar-refractivity contribution is 6.15. The van der Waals surface area contributed by atoms with E-state index in [-0.39, 0.29) is 28.8 Å². The van der Waals surface area contributed by atoms with Crippen LogP contribution in [-0.2, 0) is 0 Å². The number of fused-ring (bicyclic) bond motifs is 1. The molecule has 0 radical (unpaired) electrons. The summed E-state index contributed by atoms with van der Waals surface area (Å²) < 4.78 is 16.0. The Labute approximate surface area is 132 Å². The summed E-state index contributed by atoms with van der Waals surface area (Å²) in [7, 11) is 2.95. The minimum Gasteiger partial charge on any atom is -0.508 e. The molecule has 0 fully saturated rings. The highest BCUT2D eigenvalue weighted by atomic mass is 16.5. The summed E-state index contributed by atoms with van der Waals surface area (Å²) in [6.45, 7) is 0. The van der Waals surface area contributed by atoms with Crippen molar-refractivity contribution in [1.82, 2.24) is 0 Å². The number of Topliss-reactive ketones (excluding diaryl/α,β-unsaturated/α-hetero) is 1. The number of carbonyl (C=O) groups is 1. The van der Waals surface area contributed by atoms with Gasteiger partial charge in [0, 0.05) is 11.6 Å². The van der Waals surface area contributed by atoms with Gasteiger partial charge in [0.2, 0.25) is 11.5 Å². The number of ether oxygens (including phenoxy) is 3. The van der Waals surface area contributed by atoms with Gasteiger partial charge in [-0.05, 0) is 30.3 Å². The van der Waals surface area contributed by atoms with E-state index in [9.17, 15) is 15.0 Å². The van der Waals surface area contributed by atoms with Crippen LogP contribution in [0, 0.1) is 0 Å². The first-order valence-electron chi connectivity index (χ1n) is 6.76. The van der Waals surface area contributed by atoms with E-state index in [1.165, 1.54) is 38.5 Å². The molecule has 2 aromatic carbocycles. The molecule has 0 saturated carbocycles. The molecule has 1 heterocycles. The van der Waals surface area contributed by atoms with Crippen LogP contribution in [-0.4, -0.2) is 30.2 Å². The van der Waals surface area contributed by atoms with Crippen LogP contribution in [0.4, 0.5) is 0 Å². The zero-order valence-corrected chi connectivity index (χ0v) is 12.5. The van der Waals surface area contributed by atoms with Crippen LogP contribution in [0.25, 0.3) is 6.08 Å². The number of ketones is 1. The molecule has 0 amide bonds. The molecule has 0 aliphatic carbocycles. The monoisotopic (exact) mass is 314 g/mol. The van der Waals surface area contributed by atoms with E-state index < -0.39 is 0 Å². The average Bonchev–Trinajstić information content (AvgIpc) is 2.85. The van der Waals surface area contributed by atoms with Gasteiger partial charge in [-0.25, -0.2) is 0 Å². The Morgan fingerprint density at radius 3 is 2.52 bits per heavy atom. The minimum absolute atomic E-state index is 0.0487. The van der Waals surface area contributed by atoms with Gasteiger partial charge in [0.1, 0.15) is 11.5 Å². The highest BCUT2D eigenvalue weighted by Crippen LogP contribution is 2.45. The maximum atomic E-state index is 12.4. The van der Waals surface area contributed by atoms with Crippen LogP contribution in [0.1, 0.15) is 15.9 Å². The molecule has 6 nitrogen and oxygen atoms in total. The third kappa shape index (κ3) is 2.44. The normalized spacial score (nSPS) is 14.5. The molecule has 1 aliphatic heterocycles. The van der Waals surface area contributed by atoms with Crippen LogP contribution < -0.4 is 14.2 Å². The van der Waals surface area contributed by atoms with Crippen molar-refractivity contribution in [3.8, 4) is 28.7 Å². The lowest BCUT2D eigenvalue weighted by atomic mass is 10.1. The van der Waals surface area contributed by atoms with Crippen molar-refractivity contribution >= 4 is 11.9 Å². The van der Waals surface area contributed by atoms with E-state index in [0.29, 0.717) is 22.6 Å². The van der Waals surface area contributed by atoms with Crippen molar-refractivity contribution in [2.24, 2.45) is 0 Å². The van der Waals surface area contributed by atoms with Crippen molar-refractivity contribution in [2.75, 3.05) is 14.2 Å². The van der Waals surface area contributed by atoms with Gasteiger partial charge in [-0.1, -0.05) is 0 Å². The number of rotatable bonds is 3. The number of benzene rings is 2. The van der Waals surface area contributed by atoms with Gasteiger partial charge in [-0.3, -0.25) is 4.79 Å². The number of phenols is 2. The first-order chi connectivity index (χ1) is 11.0. The van der Waals surface area contributed by atoms with Gasteiger partial charge >= 0.3 is 0 Å². The van der Waals surface area contributed by atoms with Crippen LogP contribution in [0.2, 0.25) is 0 Å². The summed E-state index contributed by atoms with van der Waals surface area (Å²) in [5.41, 5.74) is 0.706. The van der Waals surface area contributed by atoms with Gasteiger partial charge in [0.15, 0.2) is 17.3 Å². The summed E-state index contributed by atoms with van der Waals surface area (Å²) in [4.78, 5) is 12.4. The molecule has 3 rings (SSSR count). The lowest BCUT2D eigenvalue weighted by Gasteiger charge is -2.10. The quantitative estimate of drug-likeness (QED) is 0.847. The molecule has 0 aromatic heterocycles. The third-order valence-electron chi connectivity index (χ3n) is 3.48. The van der Waals surface area contributed by atoms with Crippen molar-refractivity contribution in [2.45, 2.75) is 0 Å². The first kappa shape index (κ1) is 14.8. The third-order valence-corrected chi connectivity index (χ3v) is 3.48. The SMILES string of the molecule is COc1ccc2c(c1OC)O/C(=C\c1ccc(O)cc1O)C2=O. The molecular weight excluding hydrogens is 300 g/mol. The fraction of sp³-hybridized carbons (Fsp3) is 0.118. The zero-order chi connectivity index (χ0) is 16.6. The van der Waals surface area contributed by atoms with Crippen LogP contribution in [0.3, 0.4) is 0 Å². The van der Waals surface area contributed by atoms with E-state index in [2.05, 4.69) is 0 Å². The second-order valence-electron chi connectivity index (χ2n) is 4.86. The number of allylic oxidation sites excluding steroid dienone is 1. The molecule has 0 bridgehead atoms. The summed E-state index contributed by atoms with van der Waals surface area (Å²) in [6.07, 6.45) is 1.41. The fourth-order valence-corrected chi connectivity index (χ4v) is 2.36. The predicted octanol–water partition coefficient (Wildman–Crippen LogP) is 2.73. The molecule has 1 aliphatic rings. The Bertz CT molecular complexity index is 822. The van der Waals surface area contributed by atoms with E-state index in [1.54, 1.807) is 12.1 Å². The highest BCUT2D eigenvalue weighted by Gasteiger charge is 2.32. The number of aromatic hydroxyl groups is 2. The molecular formula is C17H14O6. The summed E-state index contributed by atoms with van der Waals surface area (Å²) in [5.74, 6) is 0.555. The Morgan fingerprint density at radius 2 is 1.87 bits per heavy atom. The molecule has 0 unspecified atom stereocenters. The summed E-state index contributed by atoms with van der Waals surface area (Å²) in [6, 6.07) is 7.29. The molecule has 2 aromatic rings. The van der Waals surface area contributed by atoms with Crippen LogP contribution in [0.5, 0.6) is 28.7 Å². The molecule has 0 spiro atoms. The second kappa shape index (κ2) is 5.57. The van der Waals surface area contributed by atoms with Crippen molar-refractivity contribution in [3.05, 3.63) is 47.2 Å². The number of carbonyl (C=O) groups excluding carboxylic acids is 1. The molecule has 23 heavy (non-hydrogen) atoms. The summed E-state index contributed by atoms with van der Waals surface area (Å²) in [5, 5.41) is 19.1. The zero-order valence-electron chi connectivity index (χ0n) is 12.5. The van der Waals surface area contributed by atoms with E-state index in [0.717, 1.165) is 0 Å². The molecule has 118 valence electrons. The number of hydrogen-bond donors (Lipinski definition) is 2. The maximum Gasteiger partial charge on any atom is 0.232 e. The van der Waals surface area contributed by atoms with Crippen molar-refractivity contribution in [1.29, 1.82) is 0 Å². The first-order valence-corrected chi connectivity index (χ1v) is 6.76. The summed E-state index contributed by atoms with van der Waals surface area (Å²) >= 11 is 0. The van der Waals surface area contributed by atoms with Gasteiger partial charge in [0.25, 0.3) is 0 Å². The fourth-order valence-electron chi connectivity index (χ4n) is 2.36. The van der Waals surface area contributed by atoms with E-state index in [1.807, 2.05) is 0 Å². The number of methoxy groups -OCH3 is 2. The van der Waals surface area contributed by atoms with E-state index >= 15 is 0 Å². The number of hydrogen-bond acceptors (Lipinski definition) is 6. The largest absolute Gasteiger partial charge is 0.508 e. The molecule has 0 saturated heterocycles. The average molecular weight is 314 g/mol. The standard InChI is InChI=1S/C17H14O6/c1-21-13-6-5-11-15(20)14(23-16(11)17(13)22-2)7-9-3-4-10(18)8-12(9)19/h3-8,18-19H,1-2H3/b14-7-. The van der Waals surface area contributed by atoms with Crippen molar-refractivity contribution < 1.29 is 29.2 Å². The van der Waals surface area contributed by atoms with Crippen LogP contribution in [0.15, 0.2) is 36.1 Å². The Balaban J connectivity index is 2.05. The molecule has 6 heteroatoms. The van der Waals surface area contributed by atoms with Gasteiger partial charge in [-0.15, -0.1) is 0 Å². The minimum atomic E-state index is -0.326. The smallest absolute Gasteiger partial charge is 0.232 e. The van der Waals surface area contributed by atoms with Gasteiger partial charge < -0.3 is 24.4 Å². The lowest BCUT2D eigenvalue weighted by molar-refractivity contribution is 0.101. The Hall–Kier alpha value is -3.15. The van der Waals surface area contributed by atoms with Gasteiger partial charge in [0.05, 0.1) is 19.8 Å². The Kier molecular flexibility index (Phi) is 3.57. The number of phenolic OH excluding ortho intramolecular Hbond substituents is 2. The Morgan fingerprint density at radius 1 is 1.09 bits per heavy atom. The van der Waals surface area contributed by atoms with E-state index in [4.69, 9.17) is 14.2 Å². The molecule has 0 atom stereocenters. The van der Waals surface area contributed by atoms with Crippen LogP contribution >= 0.6 is 0 Å². The predicted molar refractivity (Wildman–Crippen MR) is 82.3 cm³/mol. The second-order valence-corrected chi connectivity index (χ2v) is 4.86. The van der Waals surface area contributed by atoms with Gasteiger partial charge in [-0.2, -0.15) is 0 Å². The topological polar surface area (TPSA) is 85.2 Å². The lowest BCUT2D eigenvalue weighted by Crippen LogP contribution is -1.98.